The van der Waals surface area contributed by atoms with Crippen LogP contribution in [0.1, 0.15) is 12.0 Å². The van der Waals surface area contributed by atoms with Crippen LogP contribution < -0.4 is 14.8 Å². The Balaban J connectivity index is 2.04. The van der Waals surface area contributed by atoms with Crippen molar-refractivity contribution < 1.29 is 18.3 Å². The van der Waals surface area contributed by atoms with Gasteiger partial charge in [0.1, 0.15) is 0 Å². The second-order valence-electron chi connectivity index (χ2n) is 3.66. The van der Waals surface area contributed by atoms with E-state index in [0.717, 1.165) is 24.9 Å². The predicted octanol–water partition coefficient (Wildman–Crippen LogP) is 2.16. The average Bonchev–Trinajstić information content (AvgIpc) is 2.51. The van der Waals surface area contributed by atoms with Crippen LogP contribution in [0.2, 0.25) is 0 Å². The molecule has 0 spiro atoms. The van der Waals surface area contributed by atoms with Crippen LogP contribution in [-0.4, -0.2) is 19.9 Å². The van der Waals surface area contributed by atoms with Crippen LogP contribution >= 0.6 is 0 Å². The Morgan fingerprint density at radius 2 is 2.00 bits per heavy atom. The van der Waals surface area contributed by atoms with Gasteiger partial charge in [-0.15, -0.1) is 8.78 Å². The van der Waals surface area contributed by atoms with Crippen molar-refractivity contribution in [3.8, 4) is 11.5 Å². The van der Waals surface area contributed by atoms with Gasteiger partial charge in [-0.3, -0.25) is 0 Å². The number of alkyl halides is 2. The summed E-state index contributed by atoms with van der Waals surface area (Å²) in [5, 5.41) is 3.03. The van der Waals surface area contributed by atoms with Crippen molar-refractivity contribution in [2.45, 2.75) is 19.1 Å². The van der Waals surface area contributed by atoms with Crippen LogP contribution in [0.3, 0.4) is 0 Å². The largest absolute Gasteiger partial charge is 0.586 e. The van der Waals surface area contributed by atoms with E-state index < -0.39 is 6.29 Å². The second-order valence-corrected chi connectivity index (χ2v) is 3.66. The summed E-state index contributed by atoms with van der Waals surface area (Å²) in [5.74, 6) is 0.217. The maximum atomic E-state index is 12.7. The van der Waals surface area contributed by atoms with E-state index in [1.807, 2.05) is 7.05 Å². The quantitative estimate of drug-likeness (QED) is 0.802. The van der Waals surface area contributed by atoms with Gasteiger partial charge >= 0.3 is 6.29 Å². The lowest BCUT2D eigenvalue weighted by atomic mass is 10.1. The van der Waals surface area contributed by atoms with E-state index in [1.54, 1.807) is 12.1 Å². The fraction of sp³-hybridized carbons (Fsp3) is 0.455. The van der Waals surface area contributed by atoms with E-state index in [1.165, 1.54) is 6.07 Å². The standard InChI is InChI=1S/C11H13F2NO2/c1-14-6-2-3-8-4-5-9-10(7-8)16-11(12,13)15-9/h4-5,7,14H,2-3,6H2,1H3. The minimum atomic E-state index is -3.52. The van der Waals surface area contributed by atoms with Gasteiger partial charge in [0.15, 0.2) is 11.5 Å². The molecule has 0 atom stereocenters. The lowest BCUT2D eigenvalue weighted by Gasteiger charge is -2.04. The minimum absolute atomic E-state index is 0.0994. The molecule has 0 fully saturated rings. The Morgan fingerprint density at radius 3 is 2.75 bits per heavy atom. The Morgan fingerprint density at radius 1 is 1.25 bits per heavy atom. The Kier molecular flexibility index (Phi) is 2.96. The highest BCUT2D eigenvalue weighted by molar-refractivity contribution is 5.45. The fourth-order valence-corrected chi connectivity index (χ4v) is 1.62. The van der Waals surface area contributed by atoms with Crippen molar-refractivity contribution in [1.82, 2.24) is 5.32 Å². The lowest BCUT2D eigenvalue weighted by Crippen LogP contribution is -2.25. The zero-order chi connectivity index (χ0) is 11.6. The molecule has 2 rings (SSSR count). The summed E-state index contributed by atoms with van der Waals surface area (Å²) in [4.78, 5) is 0. The van der Waals surface area contributed by atoms with E-state index in [-0.39, 0.29) is 11.5 Å². The van der Waals surface area contributed by atoms with Gasteiger partial charge < -0.3 is 14.8 Å². The molecule has 1 aromatic rings. The van der Waals surface area contributed by atoms with Crippen molar-refractivity contribution in [2.75, 3.05) is 13.6 Å². The summed E-state index contributed by atoms with van der Waals surface area (Å²) in [6.07, 6.45) is -1.75. The molecule has 0 saturated carbocycles. The van der Waals surface area contributed by atoms with Crippen LogP contribution in [0.5, 0.6) is 11.5 Å². The number of benzene rings is 1. The van der Waals surface area contributed by atoms with Gasteiger partial charge in [-0.05, 0) is 44.1 Å². The van der Waals surface area contributed by atoms with Gasteiger partial charge in [0, 0.05) is 0 Å². The van der Waals surface area contributed by atoms with Gasteiger partial charge in [-0.2, -0.15) is 0 Å². The highest BCUT2D eigenvalue weighted by Crippen LogP contribution is 2.41. The summed E-state index contributed by atoms with van der Waals surface area (Å²) < 4.78 is 34.1. The third-order valence-corrected chi connectivity index (χ3v) is 2.36. The lowest BCUT2D eigenvalue weighted by molar-refractivity contribution is -0.286. The Bertz CT molecular complexity index is 382. The molecular formula is C11H13F2NO2. The molecule has 5 heteroatoms. The first-order valence-corrected chi connectivity index (χ1v) is 5.14. The highest BCUT2D eigenvalue weighted by atomic mass is 19.3. The second kappa shape index (κ2) is 4.25. The normalized spacial score (nSPS) is 16.4. The molecule has 0 unspecified atom stereocenters. The molecule has 0 radical (unpaired) electrons. The van der Waals surface area contributed by atoms with Gasteiger partial charge in [0.2, 0.25) is 0 Å². The Hall–Kier alpha value is -1.36. The molecule has 0 saturated heterocycles. The van der Waals surface area contributed by atoms with Crippen molar-refractivity contribution >= 4 is 0 Å². The number of halogens is 2. The molecule has 0 bridgehead atoms. The van der Waals surface area contributed by atoms with Crippen molar-refractivity contribution in [3.63, 3.8) is 0 Å². The molecule has 0 aliphatic carbocycles. The van der Waals surface area contributed by atoms with E-state index in [2.05, 4.69) is 14.8 Å². The van der Waals surface area contributed by atoms with Crippen LogP contribution in [0.4, 0.5) is 8.78 Å². The van der Waals surface area contributed by atoms with Gasteiger partial charge in [0.25, 0.3) is 0 Å². The number of nitrogens with one attached hydrogen (secondary N) is 1. The summed E-state index contributed by atoms with van der Waals surface area (Å²) in [7, 11) is 1.88. The van der Waals surface area contributed by atoms with Crippen LogP contribution in [-0.2, 0) is 6.42 Å². The molecule has 1 aromatic carbocycles. The first kappa shape index (κ1) is 11.1. The number of fused-ring (bicyclic) bond motifs is 1. The first-order valence-electron chi connectivity index (χ1n) is 5.14. The smallest absolute Gasteiger partial charge is 0.395 e. The third-order valence-electron chi connectivity index (χ3n) is 2.36. The summed E-state index contributed by atoms with van der Waals surface area (Å²) >= 11 is 0. The third kappa shape index (κ3) is 2.41. The molecule has 3 nitrogen and oxygen atoms in total. The zero-order valence-corrected chi connectivity index (χ0v) is 8.93. The highest BCUT2D eigenvalue weighted by Gasteiger charge is 2.43. The van der Waals surface area contributed by atoms with Gasteiger partial charge in [-0.25, -0.2) is 0 Å². The summed E-state index contributed by atoms with van der Waals surface area (Å²) in [6, 6.07) is 4.90. The first-order chi connectivity index (χ1) is 7.61. The number of hydrogen-bond acceptors (Lipinski definition) is 3. The number of ether oxygens (including phenoxy) is 2. The van der Waals surface area contributed by atoms with E-state index in [4.69, 9.17) is 0 Å². The molecular weight excluding hydrogens is 216 g/mol. The molecule has 1 aliphatic rings. The molecule has 1 N–H and O–H groups in total. The van der Waals surface area contributed by atoms with Crippen molar-refractivity contribution in [2.24, 2.45) is 0 Å². The van der Waals surface area contributed by atoms with Crippen LogP contribution in [0.25, 0.3) is 0 Å². The maximum absolute atomic E-state index is 12.7. The molecule has 0 amide bonds. The van der Waals surface area contributed by atoms with Crippen molar-refractivity contribution in [3.05, 3.63) is 23.8 Å². The van der Waals surface area contributed by atoms with Gasteiger partial charge in [-0.1, -0.05) is 6.07 Å². The molecule has 0 aromatic heterocycles. The molecule has 1 aliphatic heterocycles. The van der Waals surface area contributed by atoms with E-state index in [9.17, 15) is 8.78 Å². The van der Waals surface area contributed by atoms with Gasteiger partial charge in [0.05, 0.1) is 0 Å². The number of rotatable bonds is 4. The zero-order valence-electron chi connectivity index (χ0n) is 8.93. The van der Waals surface area contributed by atoms with E-state index >= 15 is 0 Å². The predicted molar refractivity (Wildman–Crippen MR) is 54.9 cm³/mol. The number of aryl methyl sites for hydroxylation is 1. The molecule has 16 heavy (non-hydrogen) atoms. The van der Waals surface area contributed by atoms with Crippen LogP contribution in [0.15, 0.2) is 18.2 Å². The maximum Gasteiger partial charge on any atom is 0.586 e. The summed E-state index contributed by atoms with van der Waals surface area (Å²) in [5.41, 5.74) is 0.968. The molecule has 88 valence electrons. The fourth-order valence-electron chi connectivity index (χ4n) is 1.62. The Labute approximate surface area is 92.4 Å². The average molecular weight is 229 g/mol. The van der Waals surface area contributed by atoms with Crippen molar-refractivity contribution in [1.29, 1.82) is 0 Å². The SMILES string of the molecule is CNCCCc1ccc2c(c1)OC(F)(F)O2. The number of hydrogen-bond donors (Lipinski definition) is 1. The van der Waals surface area contributed by atoms with Crippen LogP contribution in [0, 0.1) is 0 Å². The minimum Gasteiger partial charge on any atom is -0.395 e. The molecule has 1 heterocycles. The topological polar surface area (TPSA) is 30.5 Å². The van der Waals surface area contributed by atoms with E-state index in [0.29, 0.717) is 0 Å². The monoisotopic (exact) mass is 229 g/mol. The summed E-state index contributed by atoms with van der Waals surface area (Å²) in [6.45, 7) is 0.893.